The van der Waals surface area contributed by atoms with Gasteiger partial charge in [0, 0.05) is 4.88 Å². The number of rotatable bonds is 8. The Balaban J connectivity index is 1.45. The van der Waals surface area contributed by atoms with E-state index in [1.807, 2.05) is 0 Å². The van der Waals surface area contributed by atoms with E-state index >= 15 is 0 Å². The summed E-state index contributed by atoms with van der Waals surface area (Å²) < 4.78 is 21.4. The predicted octanol–water partition coefficient (Wildman–Crippen LogP) is 3.82. The van der Waals surface area contributed by atoms with Crippen molar-refractivity contribution in [1.82, 2.24) is 10.2 Å². The van der Waals surface area contributed by atoms with Gasteiger partial charge in [-0.15, -0.1) is 21.5 Å². The van der Waals surface area contributed by atoms with E-state index in [1.165, 1.54) is 32.7 Å². The number of esters is 1. The Morgan fingerprint density at radius 1 is 1.16 bits per heavy atom. The number of hydrogen-bond donors (Lipinski definition) is 1. The van der Waals surface area contributed by atoms with Crippen LogP contribution < -0.4 is 14.8 Å². The van der Waals surface area contributed by atoms with E-state index in [0.29, 0.717) is 27.6 Å². The molecule has 0 radical (unpaired) electrons. The summed E-state index contributed by atoms with van der Waals surface area (Å²) in [6.45, 7) is 0. The summed E-state index contributed by atoms with van der Waals surface area (Å²) in [4.78, 5) is 25.9. The monoisotopic (exact) mass is 475 g/mol. The lowest BCUT2D eigenvalue weighted by Crippen LogP contribution is -2.16. The predicted molar refractivity (Wildman–Crippen MR) is 120 cm³/mol. The number of thioether (sulfide) groups is 1. The van der Waals surface area contributed by atoms with Gasteiger partial charge in [-0.25, -0.2) is 4.79 Å². The molecule has 168 valence electrons. The van der Waals surface area contributed by atoms with Crippen LogP contribution in [0.2, 0.25) is 0 Å². The second-order valence-corrected chi connectivity index (χ2v) is 8.83. The van der Waals surface area contributed by atoms with E-state index in [2.05, 4.69) is 15.5 Å². The molecular weight excluding hydrogens is 454 g/mol. The van der Waals surface area contributed by atoms with Crippen LogP contribution in [-0.4, -0.2) is 49.2 Å². The number of fused-ring (bicyclic) bond motifs is 1. The first-order chi connectivity index (χ1) is 15.5. The SMILES string of the molecule is COC(=O)c1c(NC(=O)CSc2nnc(-c3c(OC)cccc3OC)o2)sc2c1CCC2. The van der Waals surface area contributed by atoms with Gasteiger partial charge in [-0.1, -0.05) is 17.8 Å². The molecule has 0 saturated heterocycles. The van der Waals surface area contributed by atoms with Gasteiger partial charge in [0.15, 0.2) is 0 Å². The minimum Gasteiger partial charge on any atom is -0.496 e. The summed E-state index contributed by atoms with van der Waals surface area (Å²) in [5, 5.41) is 11.6. The minimum absolute atomic E-state index is 0.0356. The van der Waals surface area contributed by atoms with Crippen LogP contribution in [0.5, 0.6) is 11.5 Å². The molecule has 1 aliphatic rings. The van der Waals surface area contributed by atoms with Gasteiger partial charge in [-0.3, -0.25) is 4.79 Å². The van der Waals surface area contributed by atoms with Crippen LogP contribution in [0.4, 0.5) is 5.00 Å². The van der Waals surface area contributed by atoms with Crippen molar-refractivity contribution in [1.29, 1.82) is 0 Å². The molecule has 0 saturated carbocycles. The molecule has 1 N–H and O–H groups in total. The molecule has 0 bridgehead atoms. The molecule has 11 heteroatoms. The van der Waals surface area contributed by atoms with Crippen LogP contribution in [0.25, 0.3) is 11.5 Å². The molecule has 3 aromatic rings. The van der Waals surface area contributed by atoms with Crippen molar-refractivity contribution in [2.45, 2.75) is 24.5 Å². The van der Waals surface area contributed by atoms with Gasteiger partial charge in [0.2, 0.25) is 5.91 Å². The lowest BCUT2D eigenvalue weighted by Gasteiger charge is -2.09. The molecule has 1 amide bonds. The molecule has 0 unspecified atom stereocenters. The second-order valence-electron chi connectivity index (χ2n) is 6.80. The highest BCUT2D eigenvalue weighted by Crippen LogP contribution is 2.40. The zero-order chi connectivity index (χ0) is 22.7. The summed E-state index contributed by atoms with van der Waals surface area (Å²) >= 11 is 2.53. The zero-order valence-corrected chi connectivity index (χ0v) is 19.4. The largest absolute Gasteiger partial charge is 0.496 e. The van der Waals surface area contributed by atoms with E-state index < -0.39 is 5.97 Å². The van der Waals surface area contributed by atoms with Gasteiger partial charge in [0.1, 0.15) is 22.1 Å². The highest BCUT2D eigenvalue weighted by molar-refractivity contribution is 7.99. The average molecular weight is 476 g/mol. The van der Waals surface area contributed by atoms with Crippen LogP contribution in [0.1, 0.15) is 27.2 Å². The Morgan fingerprint density at radius 3 is 2.59 bits per heavy atom. The smallest absolute Gasteiger partial charge is 0.341 e. The first-order valence-corrected chi connectivity index (χ1v) is 11.6. The number of thiophene rings is 1. The Morgan fingerprint density at radius 2 is 1.91 bits per heavy atom. The first kappa shape index (κ1) is 22.2. The maximum Gasteiger partial charge on any atom is 0.341 e. The molecule has 0 spiro atoms. The lowest BCUT2D eigenvalue weighted by atomic mass is 10.1. The number of aryl methyl sites for hydroxylation is 1. The number of ether oxygens (including phenoxy) is 3. The van der Waals surface area contributed by atoms with Gasteiger partial charge in [0.05, 0.1) is 32.6 Å². The van der Waals surface area contributed by atoms with Crippen LogP contribution in [0.15, 0.2) is 27.8 Å². The average Bonchev–Trinajstić information content (AvgIpc) is 3.53. The number of anilines is 1. The quantitative estimate of drug-likeness (QED) is 0.384. The fourth-order valence-electron chi connectivity index (χ4n) is 3.53. The fourth-order valence-corrected chi connectivity index (χ4v) is 5.39. The molecule has 0 aliphatic heterocycles. The summed E-state index contributed by atoms with van der Waals surface area (Å²) in [5.41, 5.74) is 1.99. The Hall–Kier alpha value is -3.05. The van der Waals surface area contributed by atoms with Crippen molar-refractivity contribution in [3.05, 3.63) is 34.2 Å². The highest BCUT2D eigenvalue weighted by Gasteiger charge is 2.28. The topological polar surface area (TPSA) is 113 Å². The number of methoxy groups -OCH3 is 3. The van der Waals surface area contributed by atoms with Crippen molar-refractivity contribution < 1.29 is 28.2 Å². The number of aromatic nitrogens is 2. The molecule has 1 aliphatic carbocycles. The van der Waals surface area contributed by atoms with Gasteiger partial charge in [-0.2, -0.15) is 0 Å². The molecular formula is C21H21N3O6S2. The van der Waals surface area contributed by atoms with Crippen LogP contribution in [0.3, 0.4) is 0 Å². The molecule has 0 atom stereocenters. The van der Waals surface area contributed by atoms with Crippen molar-refractivity contribution in [3.8, 4) is 23.0 Å². The van der Waals surface area contributed by atoms with Gasteiger partial charge < -0.3 is 23.9 Å². The number of carbonyl (C=O) groups is 2. The standard InChI is InChI=1S/C21H21N3O6S2/c1-27-12-7-5-8-13(28-2)17(12)18-23-24-21(30-18)31-10-15(25)22-19-16(20(26)29-3)11-6-4-9-14(11)32-19/h5,7-8H,4,6,9-10H2,1-3H3,(H,22,25). The maximum atomic E-state index is 12.5. The van der Waals surface area contributed by atoms with E-state index in [0.717, 1.165) is 41.5 Å². The third-order valence-corrected chi connectivity index (χ3v) is 6.96. The van der Waals surface area contributed by atoms with Crippen molar-refractivity contribution in [2.24, 2.45) is 0 Å². The van der Waals surface area contributed by atoms with Gasteiger partial charge in [0.25, 0.3) is 11.1 Å². The number of nitrogens with one attached hydrogen (secondary N) is 1. The van der Waals surface area contributed by atoms with Gasteiger partial charge >= 0.3 is 5.97 Å². The normalized spacial score (nSPS) is 12.3. The van der Waals surface area contributed by atoms with E-state index in [-0.39, 0.29) is 22.8 Å². The van der Waals surface area contributed by atoms with E-state index in [9.17, 15) is 9.59 Å². The second kappa shape index (κ2) is 9.61. The number of benzene rings is 1. The maximum absolute atomic E-state index is 12.5. The lowest BCUT2D eigenvalue weighted by molar-refractivity contribution is -0.113. The number of carbonyl (C=O) groups excluding carboxylic acids is 2. The van der Waals surface area contributed by atoms with Crippen LogP contribution in [0, 0.1) is 0 Å². The van der Waals surface area contributed by atoms with E-state index in [1.54, 1.807) is 18.2 Å². The Kier molecular flexibility index (Phi) is 6.66. The molecule has 9 nitrogen and oxygen atoms in total. The Labute approximate surface area is 192 Å². The third kappa shape index (κ3) is 4.30. The van der Waals surface area contributed by atoms with Crippen molar-refractivity contribution in [2.75, 3.05) is 32.4 Å². The van der Waals surface area contributed by atoms with Crippen molar-refractivity contribution in [3.63, 3.8) is 0 Å². The highest BCUT2D eigenvalue weighted by atomic mass is 32.2. The van der Waals surface area contributed by atoms with Crippen LogP contribution >= 0.6 is 23.1 Å². The molecule has 0 fully saturated rings. The van der Waals surface area contributed by atoms with Crippen LogP contribution in [-0.2, 0) is 22.4 Å². The van der Waals surface area contributed by atoms with Gasteiger partial charge in [-0.05, 0) is 37.0 Å². The van der Waals surface area contributed by atoms with E-state index in [4.69, 9.17) is 18.6 Å². The third-order valence-electron chi connectivity index (χ3n) is 4.94. The Bertz CT molecular complexity index is 1130. The number of amides is 1. The first-order valence-electron chi connectivity index (χ1n) is 9.76. The molecule has 2 heterocycles. The molecule has 4 rings (SSSR count). The summed E-state index contributed by atoms with van der Waals surface area (Å²) in [6, 6.07) is 5.32. The minimum atomic E-state index is -0.431. The zero-order valence-electron chi connectivity index (χ0n) is 17.7. The number of hydrogen-bond acceptors (Lipinski definition) is 10. The van der Waals surface area contributed by atoms with Crippen molar-refractivity contribution >= 4 is 40.0 Å². The summed E-state index contributed by atoms with van der Waals surface area (Å²) in [5.74, 6) is 0.611. The summed E-state index contributed by atoms with van der Waals surface area (Å²) in [7, 11) is 4.42. The summed E-state index contributed by atoms with van der Waals surface area (Å²) in [6.07, 6.45) is 2.73. The molecule has 1 aromatic carbocycles. The molecule has 2 aromatic heterocycles. The molecule has 32 heavy (non-hydrogen) atoms. The number of nitrogens with zero attached hydrogens (tertiary/aromatic N) is 2. The fraction of sp³-hybridized carbons (Fsp3) is 0.333.